The van der Waals surface area contributed by atoms with Crippen LogP contribution in [0.1, 0.15) is 18.9 Å². The van der Waals surface area contributed by atoms with Crippen molar-refractivity contribution in [1.29, 1.82) is 0 Å². The van der Waals surface area contributed by atoms with Gasteiger partial charge in [0.2, 0.25) is 0 Å². The maximum absolute atomic E-state index is 5.17. The minimum absolute atomic E-state index is 0.889. The Labute approximate surface area is 117 Å². The zero-order valence-corrected chi connectivity index (χ0v) is 12.9. The SMILES string of the molecule is CCSCCCNCc1ccc(OC)cc1Br. The van der Waals surface area contributed by atoms with E-state index in [4.69, 9.17) is 4.74 Å². The number of halogens is 1. The standard InChI is InChI=1S/C13H20BrNOS/c1-3-17-8-4-7-15-10-11-5-6-12(16-2)9-13(11)14/h5-6,9,15H,3-4,7-8,10H2,1-2H3. The van der Waals surface area contributed by atoms with E-state index in [0.717, 1.165) is 23.3 Å². The largest absolute Gasteiger partial charge is 0.497 e. The molecule has 17 heavy (non-hydrogen) atoms. The first-order valence-corrected chi connectivity index (χ1v) is 7.83. The molecule has 1 N–H and O–H groups in total. The van der Waals surface area contributed by atoms with Crippen LogP contribution in [-0.4, -0.2) is 25.2 Å². The molecule has 0 aromatic heterocycles. The van der Waals surface area contributed by atoms with Crippen molar-refractivity contribution in [2.45, 2.75) is 19.9 Å². The van der Waals surface area contributed by atoms with Gasteiger partial charge in [-0.3, -0.25) is 0 Å². The second kappa shape index (κ2) is 8.84. The molecule has 1 rings (SSSR count). The minimum atomic E-state index is 0.889. The van der Waals surface area contributed by atoms with Crippen LogP contribution in [0.15, 0.2) is 22.7 Å². The lowest BCUT2D eigenvalue weighted by atomic mass is 10.2. The molecule has 1 aromatic rings. The molecule has 0 saturated heterocycles. The molecule has 0 aliphatic carbocycles. The van der Waals surface area contributed by atoms with Crippen LogP contribution in [0.25, 0.3) is 0 Å². The number of benzene rings is 1. The molecule has 0 unspecified atom stereocenters. The van der Waals surface area contributed by atoms with Crippen molar-refractivity contribution in [1.82, 2.24) is 5.32 Å². The summed E-state index contributed by atoms with van der Waals surface area (Å²) in [6.45, 7) is 4.18. The Balaban J connectivity index is 2.27. The topological polar surface area (TPSA) is 21.3 Å². The Morgan fingerprint density at radius 2 is 2.24 bits per heavy atom. The minimum Gasteiger partial charge on any atom is -0.497 e. The molecule has 0 bridgehead atoms. The third-order valence-corrected chi connectivity index (χ3v) is 4.15. The van der Waals surface area contributed by atoms with Gasteiger partial charge in [0.15, 0.2) is 0 Å². The zero-order valence-electron chi connectivity index (χ0n) is 10.5. The summed E-state index contributed by atoms with van der Waals surface area (Å²) in [5.41, 5.74) is 1.27. The van der Waals surface area contributed by atoms with E-state index in [1.165, 1.54) is 23.5 Å². The number of hydrogen-bond acceptors (Lipinski definition) is 3. The van der Waals surface area contributed by atoms with Crippen molar-refractivity contribution in [2.24, 2.45) is 0 Å². The first kappa shape index (κ1) is 14.9. The number of hydrogen-bond donors (Lipinski definition) is 1. The third kappa shape index (κ3) is 5.80. The maximum Gasteiger partial charge on any atom is 0.120 e. The summed E-state index contributed by atoms with van der Waals surface area (Å²) in [4.78, 5) is 0. The predicted octanol–water partition coefficient (Wildman–Crippen LogP) is 3.69. The highest BCUT2D eigenvalue weighted by molar-refractivity contribution is 9.10. The van der Waals surface area contributed by atoms with Gasteiger partial charge in [-0.05, 0) is 42.2 Å². The van der Waals surface area contributed by atoms with Gasteiger partial charge in [0.25, 0.3) is 0 Å². The fourth-order valence-electron chi connectivity index (χ4n) is 1.47. The Morgan fingerprint density at radius 3 is 2.88 bits per heavy atom. The van der Waals surface area contributed by atoms with Crippen LogP contribution in [0.4, 0.5) is 0 Å². The molecule has 0 spiro atoms. The molecule has 0 saturated carbocycles. The van der Waals surface area contributed by atoms with Crippen LogP contribution in [0.5, 0.6) is 5.75 Å². The van der Waals surface area contributed by atoms with Gasteiger partial charge in [-0.25, -0.2) is 0 Å². The lowest BCUT2D eigenvalue weighted by Crippen LogP contribution is -2.15. The van der Waals surface area contributed by atoms with Gasteiger partial charge >= 0.3 is 0 Å². The summed E-state index contributed by atoms with van der Waals surface area (Å²) >= 11 is 5.55. The van der Waals surface area contributed by atoms with E-state index >= 15 is 0 Å². The summed E-state index contributed by atoms with van der Waals surface area (Å²) in [6.07, 6.45) is 1.23. The monoisotopic (exact) mass is 317 g/mol. The number of ether oxygens (including phenoxy) is 1. The molecule has 0 radical (unpaired) electrons. The quantitative estimate of drug-likeness (QED) is 0.739. The number of nitrogens with one attached hydrogen (secondary N) is 1. The van der Waals surface area contributed by atoms with E-state index in [0.29, 0.717) is 0 Å². The van der Waals surface area contributed by atoms with Crippen LogP contribution in [0, 0.1) is 0 Å². The normalized spacial score (nSPS) is 10.5. The smallest absolute Gasteiger partial charge is 0.120 e. The summed E-state index contributed by atoms with van der Waals surface area (Å²) in [6, 6.07) is 6.09. The molecule has 0 atom stereocenters. The average Bonchev–Trinajstić information content (AvgIpc) is 2.35. The first-order valence-electron chi connectivity index (χ1n) is 5.88. The van der Waals surface area contributed by atoms with Gasteiger partial charge in [-0.1, -0.05) is 28.9 Å². The second-order valence-electron chi connectivity index (χ2n) is 3.68. The third-order valence-electron chi connectivity index (χ3n) is 2.42. The highest BCUT2D eigenvalue weighted by Crippen LogP contribution is 2.22. The van der Waals surface area contributed by atoms with Crippen LogP contribution >= 0.6 is 27.7 Å². The van der Waals surface area contributed by atoms with Crippen LogP contribution in [0.2, 0.25) is 0 Å². The summed E-state index contributed by atoms with van der Waals surface area (Å²) in [7, 11) is 1.69. The molecule has 1 aromatic carbocycles. The molecule has 0 heterocycles. The maximum atomic E-state index is 5.17. The van der Waals surface area contributed by atoms with E-state index in [2.05, 4.69) is 34.2 Å². The number of rotatable bonds is 8. The Bertz CT molecular complexity index is 333. The van der Waals surface area contributed by atoms with Crippen molar-refractivity contribution >= 4 is 27.7 Å². The van der Waals surface area contributed by atoms with Gasteiger partial charge in [-0.15, -0.1) is 0 Å². The van der Waals surface area contributed by atoms with Crippen LogP contribution in [0.3, 0.4) is 0 Å². The predicted molar refractivity (Wildman–Crippen MR) is 80.0 cm³/mol. The second-order valence-corrected chi connectivity index (χ2v) is 5.93. The lowest BCUT2D eigenvalue weighted by Gasteiger charge is -2.08. The lowest BCUT2D eigenvalue weighted by molar-refractivity contribution is 0.414. The average molecular weight is 318 g/mol. The van der Waals surface area contributed by atoms with Crippen molar-refractivity contribution < 1.29 is 4.74 Å². The van der Waals surface area contributed by atoms with Gasteiger partial charge in [-0.2, -0.15) is 11.8 Å². The van der Waals surface area contributed by atoms with E-state index in [1.807, 2.05) is 23.9 Å². The van der Waals surface area contributed by atoms with E-state index in [-0.39, 0.29) is 0 Å². The summed E-state index contributed by atoms with van der Waals surface area (Å²) in [5.74, 6) is 3.34. The summed E-state index contributed by atoms with van der Waals surface area (Å²) < 4.78 is 6.27. The Hall–Kier alpha value is -0.190. The molecule has 96 valence electrons. The summed E-state index contributed by atoms with van der Waals surface area (Å²) in [5, 5.41) is 3.45. The zero-order chi connectivity index (χ0) is 12.5. The molecular formula is C13H20BrNOS. The van der Waals surface area contributed by atoms with Gasteiger partial charge in [0, 0.05) is 11.0 Å². The number of methoxy groups -OCH3 is 1. The van der Waals surface area contributed by atoms with Gasteiger partial charge in [0.1, 0.15) is 5.75 Å². The molecule has 2 nitrogen and oxygen atoms in total. The molecular weight excluding hydrogens is 298 g/mol. The molecule has 0 aliphatic rings. The van der Waals surface area contributed by atoms with Crippen LogP contribution < -0.4 is 10.1 Å². The first-order chi connectivity index (χ1) is 8.27. The molecule has 4 heteroatoms. The van der Waals surface area contributed by atoms with Crippen molar-refractivity contribution in [3.8, 4) is 5.75 Å². The molecule has 0 amide bonds. The fraction of sp³-hybridized carbons (Fsp3) is 0.538. The fourth-order valence-corrected chi connectivity index (χ4v) is 2.60. The van der Waals surface area contributed by atoms with E-state index in [9.17, 15) is 0 Å². The van der Waals surface area contributed by atoms with Crippen molar-refractivity contribution in [3.05, 3.63) is 28.2 Å². The van der Waals surface area contributed by atoms with E-state index in [1.54, 1.807) is 7.11 Å². The van der Waals surface area contributed by atoms with Crippen molar-refractivity contribution in [2.75, 3.05) is 25.2 Å². The number of thioether (sulfide) groups is 1. The highest BCUT2D eigenvalue weighted by Gasteiger charge is 2.01. The van der Waals surface area contributed by atoms with Crippen molar-refractivity contribution in [3.63, 3.8) is 0 Å². The van der Waals surface area contributed by atoms with Gasteiger partial charge < -0.3 is 10.1 Å². The van der Waals surface area contributed by atoms with Crippen LogP contribution in [-0.2, 0) is 6.54 Å². The highest BCUT2D eigenvalue weighted by atomic mass is 79.9. The molecule has 0 fully saturated rings. The Kier molecular flexibility index (Phi) is 7.73. The Morgan fingerprint density at radius 1 is 1.41 bits per heavy atom. The molecule has 0 aliphatic heterocycles. The van der Waals surface area contributed by atoms with Gasteiger partial charge in [0.05, 0.1) is 7.11 Å². The van der Waals surface area contributed by atoms with E-state index < -0.39 is 0 Å².